The quantitative estimate of drug-likeness (QED) is 0.695. The number of aromatic nitrogens is 2. The second kappa shape index (κ2) is 4.84. The van der Waals surface area contributed by atoms with E-state index in [0.29, 0.717) is 0 Å². The maximum atomic E-state index is 3.98. The van der Waals surface area contributed by atoms with Gasteiger partial charge in [-0.05, 0) is 46.9 Å². The molecule has 0 aliphatic heterocycles. The van der Waals surface area contributed by atoms with Crippen molar-refractivity contribution in [1.82, 2.24) is 9.97 Å². The number of hydrogen-bond donors (Lipinski definition) is 1. The number of thioether (sulfide) groups is 1. The molecule has 1 heterocycles. The Labute approximate surface area is 101 Å². The van der Waals surface area contributed by atoms with Crippen LogP contribution < -0.4 is 0 Å². The summed E-state index contributed by atoms with van der Waals surface area (Å²) in [6.07, 6.45) is 3.57. The number of rotatable bonds is 3. The Balaban J connectivity index is 1.95. The normalized spacial score (nSPS) is 10.4. The van der Waals surface area contributed by atoms with Crippen molar-refractivity contribution in [1.29, 1.82) is 0 Å². The highest BCUT2D eigenvalue weighted by atomic mass is 127. The van der Waals surface area contributed by atoms with Crippen molar-refractivity contribution in [2.24, 2.45) is 0 Å². The summed E-state index contributed by atoms with van der Waals surface area (Å²) in [5, 5.41) is 0. The predicted molar refractivity (Wildman–Crippen MR) is 67.3 cm³/mol. The molecule has 2 nitrogen and oxygen atoms in total. The van der Waals surface area contributed by atoms with Gasteiger partial charge in [-0.25, -0.2) is 4.98 Å². The smallest absolute Gasteiger partial charge is 0.0921 e. The lowest BCUT2D eigenvalue weighted by Crippen LogP contribution is -1.79. The molecule has 2 aromatic rings. The predicted octanol–water partition coefficient (Wildman–Crippen LogP) is 3.31. The average molecular weight is 316 g/mol. The molecule has 2 rings (SSSR count). The van der Waals surface area contributed by atoms with Crippen LogP contribution >= 0.6 is 34.4 Å². The van der Waals surface area contributed by atoms with Crippen molar-refractivity contribution in [3.8, 4) is 0 Å². The highest BCUT2D eigenvalue weighted by Crippen LogP contribution is 2.22. The summed E-state index contributed by atoms with van der Waals surface area (Å²) < 4.78 is 1.27. The van der Waals surface area contributed by atoms with E-state index in [2.05, 4.69) is 56.8 Å². The Hall–Kier alpha value is -0.490. The van der Waals surface area contributed by atoms with Crippen LogP contribution in [0.2, 0.25) is 0 Å². The highest BCUT2D eigenvalue weighted by molar-refractivity contribution is 14.1. The number of hydrogen-bond acceptors (Lipinski definition) is 2. The standard InChI is InChI=1S/C10H9IN2S/c11-8-1-3-10(4-2-8)14-6-9-5-12-7-13-9/h1-5,7H,6H2,(H,12,13). The zero-order chi connectivity index (χ0) is 9.80. The van der Waals surface area contributed by atoms with Crippen LogP contribution in [0.1, 0.15) is 5.69 Å². The van der Waals surface area contributed by atoms with Crippen molar-refractivity contribution in [3.05, 3.63) is 46.1 Å². The Morgan fingerprint density at radius 1 is 1.29 bits per heavy atom. The fraction of sp³-hybridized carbons (Fsp3) is 0.100. The van der Waals surface area contributed by atoms with Crippen molar-refractivity contribution >= 4 is 34.4 Å². The van der Waals surface area contributed by atoms with Gasteiger partial charge in [-0.2, -0.15) is 0 Å². The van der Waals surface area contributed by atoms with Crippen LogP contribution in [-0.2, 0) is 5.75 Å². The third-order valence-corrected chi connectivity index (χ3v) is 3.54. The molecule has 1 N–H and O–H groups in total. The largest absolute Gasteiger partial charge is 0.348 e. The molecule has 1 aromatic carbocycles. The molecule has 4 heteroatoms. The molecule has 0 aliphatic rings. The summed E-state index contributed by atoms with van der Waals surface area (Å²) in [6.45, 7) is 0. The maximum Gasteiger partial charge on any atom is 0.0921 e. The molecule has 0 fully saturated rings. The van der Waals surface area contributed by atoms with E-state index in [1.807, 2.05) is 18.0 Å². The van der Waals surface area contributed by atoms with Crippen LogP contribution in [-0.4, -0.2) is 9.97 Å². The number of benzene rings is 1. The molecule has 0 saturated heterocycles. The number of H-pyrrole nitrogens is 1. The monoisotopic (exact) mass is 316 g/mol. The fourth-order valence-electron chi connectivity index (χ4n) is 1.06. The van der Waals surface area contributed by atoms with Gasteiger partial charge in [0.1, 0.15) is 0 Å². The van der Waals surface area contributed by atoms with Crippen LogP contribution in [0, 0.1) is 3.57 Å². The van der Waals surface area contributed by atoms with E-state index in [1.54, 1.807) is 6.33 Å². The van der Waals surface area contributed by atoms with Gasteiger partial charge in [0.15, 0.2) is 0 Å². The van der Waals surface area contributed by atoms with Gasteiger partial charge in [-0.3, -0.25) is 0 Å². The lowest BCUT2D eigenvalue weighted by molar-refractivity contribution is 1.22. The number of halogens is 1. The number of nitrogens with zero attached hydrogens (tertiary/aromatic N) is 1. The van der Waals surface area contributed by atoms with Crippen LogP contribution in [0.3, 0.4) is 0 Å². The Morgan fingerprint density at radius 3 is 2.71 bits per heavy atom. The van der Waals surface area contributed by atoms with Gasteiger partial charge >= 0.3 is 0 Å². The van der Waals surface area contributed by atoms with Crippen LogP contribution in [0.4, 0.5) is 0 Å². The molecule has 0 radical (unpaired) electrons. The SMILES string of the molecule is Ic1ccc(SCc2cnc[nH]2)cc1. The van der Waals surface area contributed by atoms with Gasteiger partial charge in [0.25, 0.3) is 0 Å². The molecule has 0 unspecified atom stereocenters. The highest BCUT2D eigenvalue weighted by Gasteiger charge is 1.96. The van der Waals surface area contributed by atoms with Crippen molar-refractivity contribution in [2.75, 3.05) is 0 Å². The third kappa shape index (κ3) is 2.75. The lowest BCUT2D eigenvalue weighted by atomic mass is 10.4. The van der Waals surface area contributed by atoms with E-state index >= 15 is 0 Å². The zero-order valence-corrected chi connectivity index (χ0v) is 10.4. The van der Waals surface area contributed by atoms with Gasteiger partial charge in [-0.1, -0.05) is 0 Å². The minimum absolute atomic E-state index is 0.945. The van der Waals surface area contributed by atoms with Gasteiger partial charge in [0.2, 0.25) is 0 Å². The summed E-state index contributed by atoms with van der Waals surface area (Å²) in [7, 11) is 0. The molecule has 0 aliphatic carbocycles. The molecule has 1 aromatic heterocycles. The number of imidazole rings is 1. The topological polar surface area (TPSA) is 28.7 Å². The summed E-state index contributed by atoms with van der Waals surface area (Å²) in [4.78, 5) is 8.36. The first-order chi connectivity index (χ1) is 6.84. The first-order valence-corrected chi connectivity index (χ1v) is 6.26. The molecule has 0 bridgehead atoms. The Bertz CT molecular complexity index is 383. The summed E-state index contributed by atoms with van der Waals surface area (Å²) in [5.74, 6) is 0.945. The molecular formula is C10H9IN2S. The van der Waals surface area contributed by atoms with E-state index in [-0.39, 0.29) is 0 Å². The van der Waals surface area contributed by atoms with Crippen molar-refractivity contribution in [2.45, 2.75) is 10.6 Å². The van der Waals surface area contributed by atoms with Crippen LogP contribution in [0.25, 0.3) is 0 Å². The molecular weight excluding hydrogens is 307 g/mol. The van der Waals surface area contributed by atoms with Crippen LogP contribution in [0.5, 0.6) is 0 Å². The van der Waals surface area contributed by atoms with E-state index in [9.17, 15) is 0 Å². The molecule has 72 valence electrons. The first kappa shape index (κ1) is 10.0. The minimum atomic E-state index is 0.945. The zero-order valence-electron chi connectivity index (χ0n) is 7.40. The van der Waals surface area contributed by atoms with Crippen LogP contribution in [0.15, 0.2) is 41.7 Å². The van der Waals surface area contributed by atoms with E-state index in [0.717, 1.165) is 11.4 Å². The average Bonchev–Trinajstić information content (AvgIpc) is 2.70. The van der Waals surface area contributed by atoms with E-state index in [1.165, 1.54) is 8.47 Å². The number of nitrogens with one attached hydrogen (secondary N) is 1. The summed E-state index contributed by atoms with van der Waals surface area (Å²) in [6, 6.07) is 8.53. The lowest BCUT2D eigenvalue weighted by Gasteiger charge is -1.99. The van der Waals surface area contributed by atoms with Crippen molar-refractivity contribution < 1.29 is 0 Å². The molecule has 0 spiro atoms. The Kier molecular flexibility index (Phi) is 3.47. The molecule has 14 heavy (non-hydrogen) atoms. The third-order valence-electron chi connectivity index (χ3n) is 1.76. The van der Waals surface area contributed by atoms with Crippen molar-refractivity contribution in [3.63, 3.8) is 0 Å². The molecule has 0 saturated carbocycles. The van der Waals surface area contributed by atoms with Gasteiger partial charge in [0, 0.05) is 26.1 Å². The number of aromatic amines is 1. The molecule has 0 amide bonds. The summed E-state index contributed by atoms with van der Waals surface area (Å²) in [5.41, 5.74) is 1.16. The molecule has 0 atom stereocenters. The van der Waals surface area contributed by atoms with Gasteiger partial charge in [0.05, 0.1) is 6.33 Å². The van der Waals surface area contributed by atoms with Gasteiger partial charge < -0.3 is 4.98 Å². The minimum Gasteiger partial charge on any atom is -0.348 e. The maximum absolute atomic E-state index is 3.98. The fourth-order valence-corrected chi connectivity index (χ4v) is 2.22. The van der Waals surface area contributed by atoms with E-state index < -0.39 is 0 Å². The second-order valence-corrected chi connectivity index (χ2v) is 5.11. The second-order valence-electron chi connectivity index (χ2n) is 2.82. The first-order valence-electron chi connectivity index (χ1n) is 4.20. The summed E-state index contributed by atoms with van der Waals surface area (Å²) >= 11 is 4.12. The van der Waals surface area contributed by atoms with E-state index in [4.69, 9.17) is 0 Å². The Morgan fingerprint density at radius 2 is 2.07 bits per heavy atom. The van der Waals surface area contributed by atoms with Gasteiger partial charge in [-0.15, -0.1) is 11.8 Å².